The Bertz CT molecular complexity index is 680. The minimum atomic E-state index is -0.456. The van der Waals surface area contributed by atoms with Crippen LogP contribution in [0.5, 0.6) is 0 Å². The third-order valence-electron chi connectivity index (χ3n) is 3.15. The summed E-state index contributed by atoms with van der Waals surface area (Å²) in [5.41, 5.74) is 0.625. The van der Waals surface area contributed by atoms with Gasteiger partial charge in [-0.15, -0.1) is 0 Å². The second-order valence-corrected chi connectivity index (χ2v) is 7.33. The Hall–Kier alpha value is -1.75. The molecule has 0 saturated heterocycles. The number of amides is 1. The van der Waals surface area contributed by atoms with Crippen LogP contribution in [0.2, 0.25) is 0 Å². The van der Waals surface area contributed by atoms with Crippen molar-refractivity contribution in [2.45, 2.75) is 32.8 Å². The molecule has 0 unspecified atom stereocenters. The maximum absolute atomic E-state index is 11.5. The molecule has 4 nitrogen and oxygen atoms in total. The van der Waals surface area contributed by atoms with Crippen molar-refractivity contribution >= 4 is 38.5 Å². The molecule has 5 heteroatoms. The summed E-state index contributed by atoms with van der Waals surface area (Å²) in [6.45, 7) is 6.94. The molecule has 23 heavy (non-hydrogen) atoms. The molecule has 0 saturated carbocycles. The monoisotopic (exact) mass is 378 g/mol. The Morgan fingerprint density at radius 3 is 2.52 bits per heavy atom. The average Bonchev–Trinajstić information content (AvgIpc) is 2.45. The molecular formula is C18H23BrN2O2. The van der Waals surface area contributed by atoms with Gasteiger partial charge in [-0.25, -0.2) is 4.79 Å². The molecular weight excluding hydrogens is 356 g/mol. The Morgan fingerprint density at radius 2 is 1.78 bits per heavy atom. The van der Waals surface area contributed by atoms with Crippen LogP contribution in [0.25, 0.3) is 10.8 Å². The molecule has 0 heterocycles. The SMILES string of the molecule is CC(C)(C)OC(=O)NCCCNc1ccc2cc(Br)ccc2c1. The van der Waals surface area contributed by atoms with Crippen LogP contribution in [0.1, 0.15) is 27.2 Å². The normalized spacial score (nSPS) is 11.3. The highest BCUT2D eigenvalue weighted by atomic mass is 79.9. The van der Waals surface area contributed by atoms with E-state index >= 15 is 0 Å². The molecule has 2 N–H and O–H groups in total. The predicted molar refractivity (Wildman–Crippen MR) is 99.0 cm³/mol. The van der Waals surface area contributed by atoms with Crippen LogP contribution in [0.15, 0.2) is 40.9 Å². The highest BCUT2D eigenvalue weighted by molar-refractivity contribution is 9.10. The minimum Gasteiger partial charge on any atom is -0.444 e. The maximum Gasteiger partial charge on any atom is 0.407 e. The second-order valence-electron chi connectivity index (χ2n) is 6.42. The first-order chi connectivity index (χ1) is 10.8. The predicted octanol–water partition coefficient (Wildman–Crippen LogP) is 4.93. The topological polar surface area (TPSA) is 50.4 Å². The van der Waals surface area contributed by atoms with Gasteiger partial charge in [-0.05, 0) is 62.2 Å². The molecule has 0 fully saturated rings. The van der Waals surface area contributed by atoms with Gasteiger partial charge in [-0.2, -0.15) is 0 Å². The number of carbonyl (C=O) groups is 1. The maximum atomic E-state index is 11.5. The van der Waals surface area contributed by atoms with Gasteiger partial charge in [0.15, 0.2) is 0 Å². The van der Waals surface area contributed by atoms with Crippen LogP contribution >= 0.6 is 15.9 Å². The molecule has 0 aliphatic heterocycles. The fraction of sp³-hybridized carbons (Fsp3) is 0.389. The van der Waals surface area contributed by atoms with E-state index in [1.54, 1.807) is 0 Å². The van der Waals surface area contributed by atoms with Gasteiger partial charge in [0.1, 0.15) is 5.60 Å². The van der Waals surface area contributed by atoms with Crippen LogP contribution in [0.4, 0.5) is 10.5 Å². The summed E-state index contributed by atoms with van der Waals surface area (Å²) in [6.07, 6.45) is 0.464. The van der Waals surface area contributed by atoms with Gasteiger partial charge >= 0.3 is 6.09 Å². The molecule has 0 spiro atoms. The van der Waals surface area contributed by atoms with E-state index in [9.17, 15) is 4.79 Å². The number of ether oxygens (including phenoxy) is 1. The average molecular weight is 379 g/mol. The van der Waals surface area contributed by atoms with Crippen LogP contribution in [0.3, 0.4) is 0 Å². The number of anilines is 1. The lowest BCUT2D eigenvalue weighted by molar-refractivity contribution is 0.0528. The fourth-order valence-electron chi connectivity index (χ4n) is 2.15. The van der Waals surface area contributed by atoms with Gasteiger partial charge < -0.3 is 15.4 Å². The molecule has 1 amide bonds. The van der Waals surface area contributed by atoms with Gasteiger partial charge in [0.2, 0.25) is 0 Å². The van der Waals surface area contributed by atoms with E-state index in [0.717, 1.165) is 23.1 Å². The number of hydrogen-bond donors (Lipinski definition) is 2. The zero-order chi connectivity index (χ0) is 16.9. The molecule has 2 aromatic rings. The van der Waals surface area contributed by atoms with Gasteiger partial charge in [-0.1, -0.05) is 28.1 Å². The third-order valence-corrected chi connectivity index (χ3v) is 3.65. The summed E-state index contributed by atoms with van der Waals surface area (Å²) < 4.78 is 6.27. The first-order valence-corrected chi connectivity index (χ1v) is 8.53. The van der Waals surface area contributed by atoms with Gasteiger partial charge in [0.25, 0.3) is 0 Å². The van der Waals surface area contributed by atoms with Crippen molar-refractivity contribution in [1.29, 1.82) is 0 Å². The number of nitrogens with one attached hydrogen (secondary N) is 2. The Morgan fingerprint density at radius 1 is 1.09 bits per heavy atom. The number of fused-ring (bicyclic) bond motifs is 1. The fourth-order valence-corrected chi connectivity index (χ4v) is 2.53. The van der Waals surface area contributed by atoms with Crippen LogP contribution in [-0.4, -0.2) is 24.8 Å². The molecule has 0 aromatic heterocycles. The molecule has 124 valence electrons. The number of rotatable bonds is 5. The van der Waals surface area contributed by atoms with Crippen LogP contribution < -0.4 is 10.6 Å². The molecule has 2 rings (SSSR count). The number of benzene rings is 2. The molecule has 0 aliphatic carbocycles. The van der Waals surface area contributed by atoms with Crippen molar-refractivity contribution in [2.75, 3.05) is 18.4 Å². The summed E-state index contributed by atoms with van der Waals surface area (Å²) in [6, 6.07) is 12.5. The van der Waals surface area contributed by atoms with Crippen molar-refractivity contribution in [3.8, 4) is 0 Å². The van der Waals surface area contributed by atoms with Crippen molar-refractivity contribution in [1.82, 2.24) is 5.32 Å². The van der Waals surface area contributed by atoms with Gasteiger partial charge in [0.05, 0.1) is 0 Å². The summed E-state index contributed by atoms with van der Waals surface area (Å²) >= 11 is 3.48. The van der Waals surface area contributed by atoms with Gasteiger partial charge in [-0.3, -0.25) is 0 Å². The Kier molecular flexibility index (Phi) is 5.88. The smallest absolute Gasteiger partial charge is 0.407 e. The standard InChI is InChI=1S/C18H23BrN2O2/c1-18(2,3)23-17(22)21-10-4-9-20-16-8-6-13-11-15(19)7-5-14(13)12-16/h5-8,11-12,20H,4,9-10H2,1-3H3,(H,21,22). The number of carbonyl (C=O) groups excluding carboxylic acids is 1. The zero-order valence-electron chi connectivity index (χ0n) is 13.8. The lowest BCUT2D eigenvalue weighted by atomic mass is 10.1. The van der Waals surface area contributed by atoms with E-state index in [1.807, 2.05) is 26.8 Å². The summed E-state index contributed by atoms with van der Waals surface area (Å²) in [5, 5.41) is 8.53. The quantitative estimate of drug-likeness (QED) is 0.725. The summed E-state index contributed by atoms with van der Waals surface area (Å²) in [4.78, 5) is 11.5. The van der Waals surface area contributed by atoms with Crippen molar-refractivity contribution < 1.29 is 9.53 Å². The first kappa shape index (κ1) is 17.6. The molecule has 0 radical (unpaired) electrons. The van der Waals surface area contributed by atoms with Crippen molar-refractivity contribution in [2.24, 2.45) is 0 Å². The van der Waals surface area contributed by atoms with Gasteiger partial charge in [0, 0.05) is 23.2 Å². The molecule has 0 atom stereocenters. The largest absolute Gasteiger partial charge is 0.444 e. The van der Waals surface area contributed by atoms with Crippen LogP contribution in [-0.2, 0) is 4.74 Å². The van der Waals surface area contributed by atoms with Crippen molar-refractivity contribution in [3.63, 3.8) is 0 Å². The number of alkyl carbamates (subject to hydrolysis) is 1. The Balaban J connectivity index is 1.74. The lowest BCUT2D eigenvalue weighted by Gasteiger charge is -2.19. The van der Waals surface area contributed by atoms with E-state index in [1.165, 1.54) is 10.8 Å². The summed E-state index contributed by atoms with van der Waals surface area (Å²) in [5.74, 6) is 0. The second kappa shape index (κ2) is 7.68. The highest BCUT2D eigenvalue weighted by Gasteiger charge is 2.15. The van der Waals surface area contributed by atoms with E-state index in [0.29, 0.717) is 6.54 Å². The van der Waals surface area contributed by atoms with E-state index < -0.39 is 5.60 Å². The van der Waals surface area contributed by atoms with E-state index in [4.69, 9.17) is 4.74 Å². The summed E-state index contributed by atoms with van der Waals surface area (Å²) in [7, 11) is 0. The number of hydrogen-bond acceptors (Lipinski definition) is 3. The highest BCUT2D eigenvalue weighted by Crippen LogP contribution is 2.22. The minimum absolute atomic E-state index is 0.367. The third kappa shape index (κ3) is 6.10. The molecule has 0 bridgehead atoms. The van der Waals surface area contributed by atoms with E-state index in [-0.39, 0.29) is 6.09 Å². The van der Waals surface area contributed by atoms with E-state index in [2.05, 4.69) is 56.9 Å². The number of halogens is 1. The van der Waals surface area contributed by atoms with Crippen molar-refractivity contribution in [3.05, 3.63) is 40.9 Å². The Labute approximate surface area is 145 Å². The zero-order valence-corrected chi connectivity index (χ0v) is 15.4. The molecule has 2 aromatic carbocycles. The lowest BCUT2D eigenvalue weighted by Crippen LogP contribution is -2.33. The first-order valence-electron chi connectivity index (χ1n) is 7.73. The van der Waals surface area contributed by atoms with Crippen LogP contribution in [0, 0.1) is 0 Å². The molecule has 0 aliphatic rings.